The lowest BCUT2D eigenvalue weighted by atomic mass is 10.1. The van der Waals surface area contributed by atoms with Crippen LogP contribution in [-0.4, -0.2) is 35.1 Å². The van der Waals surface area contributed by atoms with Crippen LogP contribution in [0.25, 0.3) is 0 Å². The van der Waals surface area contributed by atoms with E-state index in [2.05, 4.69) is 4.98 Å². The number of carboxylic acids is 1. The molecule has 1 saturated heterocycles. The molecule has 1 aromatic rings. The highest BCUT2D eigenvalue weighted by Gasteiger charge is 2.25. The molecule has 18 heavy (non-hydrogen) atoms. The molecule has 1 fully saturated rings. The van der Waals surface area contributed by atoms with Crippen LogP contribution >= 0.6 is 0 Å². The van der Waals surface area contributed by atoms with Crippen molar-refractivity contribution in [2.45, 2.75) is 12.8 Å². The summed E-state index contributed by atoms with van der Waals surface area (Å²) in [6.45, 7) is 1.41. The summed E-state index contributed by atoms with van der Waals surface area (Å²) in [6, 6.07) is 5.10. The molecule has 0 aliphatic carbocycles. The Balaban J connectivity index is 2.07. The van der Waals surface area contributed by atoms with Gasteiger partial charge in [0.05, 0.1) is 0 Å². The molecule has 3 N–H and O–H groups in total. The summed E-state index contributed by atoms with van der Waals surface area (Å²) in [5.41, 5.74) is 5.41. The maximum absolute atomic E-state index is 11.0. The molecule has 0 bridgehead atoms. The monoisotopic (exact) mass is 249 g/mol. The van der Waals surface area contributed by atoms with E-state index in [1.54, 1.807) is 18.2 Å². The van der Waals surface area contributed by atoms with Gasteiger partial charge in [0.1, 0.15) is 11.5 Å². The lowest BCUT2D eigenvalue weighted by Crippen LogP contribution is -2.23. The molecular weight excluding hydrogens is 234 g/mol. The fourth-order valence-electron chi connectivity index (χ4n) is 2.19. The van der Waals surface area contributed by atoms with E-state index < -0.39 is 11.9 Å². The predicted octanol–water partition coefficient (Wildman–Crippen LogP) is 0.481. The van der Waals surface area contributed by atoms with Gasteiger partial charge in [-0.1, -0.05) is 6.07 Å². The molecule has 2 rings (SSSR count). The minimum absolute atomic E-state index is 0.140. The first-order valence-electron chi connectivity index (χ1n) is 5.80. The Bertz CT molecular complexity index is 475. The number of rotatable bonds is 4. The second kappa shape index (κ2) is 5.03. The molecule has 96 valence electrons. The highest BCUT2D eigenvalue weighted by atomic mass is 16.4. The minimum atomic E-state index is -0.777. The fraction of sp³-hybridized carbons (Fsp3) is 0.417. The Morgan fingerprint density at radius 1 is 1.50 bits per heavy atom. The molecule has 1 aliphatic rings. The van der Waals surface area contributed by atoms with Crippen molar-refractivity contribution in [1.82, 2.24) is 4.98 Å². The van der Waals surface area contributed by atoms with Crippen molar-refractivity contribution in [3.8, 4) is 0 Å². The van der Waals surface area contributed by atoms with Gasteiger partial charge in [0.15, 0.2) is 0 Å². The van der Waals surface area contributed by atoms with E-state index in [9.17, 15) is 9.59 Å². The molecule has 0 aromatic carbocycles. The van der Waals surface area contributed by atoms with Crippen LogP contribution < -0.4 is 10.6 Å². The van der Waals surface area contributed by atoms with Crippen molar-refractivity contribution in [2.24, 2.45) is 11.7 Å². The van der Waals surface area contributed by atoms with E-state index in [1.807, 2.05) is 4.90 Å². The van der Waals surface area contributed by atoms with Gasteiger partial charge < -0.3 is 15.7 Å². The van der Waals surface area contributed by atoms with Gasteiger partial charge in [-0.05, 0) is 24.5 Å². The number of carbonyl (C=O) groups excluding carboxylic acids is 1. The Hall–Kier alpha value is -2.11. The number of nitrogens with zero attached hydrogens (tertiary/aromatic N) is 2. The average molecular weight is 249 g/mol. The van der Waals surface area contributed by atoms with Gasteiger partial charge in [0, 0.05) is 19.5 Å². The highest BCUT2D eigenvalue weighted by Crippen LogP contribution is 2.24. The number of primary amides is 1. The average Bonchev–Trinajstić information content (AvgIpc) is 2.77. The quantitative estimate of drug-likeness (QED) is 0.809. The smallest absolute Gasteiger partial charge is 0.303 e. The number of carboxylic acid groups (broad SMARTS) is 1. The number of aliphatic carboxylic acids is 1. The van der Waals surface area contributed by atoms with E-state index in [0.29, 0.717) is 12.4 Å². The standard InChI is InChI=1S/C12H15N3O3/c13-12(18)9-2-1-3-10(14-9)15-5-4-8(7-15)6-11(16)17/h1-3,8H,4-7H2,(H2,13,18)(H,16,17). The zero-order valence-corrected chi connectivity index (χ0v) is 9.87. The number of aromatic nitrogens is 1. The summed E-state index contributed by atoms with van der Waals surface area (Å²) in [6.07, 6.45) is 1.00. The maximum atomic E-state index is 11.0. The van der Waals surface area contributed by atoms with Crippen LogP contribution in [0.5, 0.6) is 0 Å². The molecule has 1 aliphatic heterocycles. The van der Waals surface area contributed by atoms with Crippen molar-refractivity contribution < 1.29 is 14.7 Å². The molecule has 1 aromatic heterocycles. The van der Waals surface area contributed by atoms with Gasteiger partial charge in [0.25, 0.3) is 5.91 Å². The second-order valence-corrected chi connectivity index (χ2v) is 4.44. The number of carbonyl (C=O) groups is 2. The number of amides is 1. The highest BCUT2D eigenvalue weighted by molar-refractivity contribution is 5.91. The van der Waals surface area contributed by atoms with Crippen molar-refractivity contribution >= 4 is 17.7 Å². The molecule has 0 spiro atoms. The molecule has 1 atom stereocenters. The third-order valence-electron chi connectivity index (χ3n) is 3.06. The van der Waals surface area contributed by atoms with E-state index in [4.69, 9.17) is 10.8 Å². The lowest BCUT2D eigenvalue weighted by molar-refractivity contribution is -0.137. The zero-order valence-electron chi connectivity index (χ0n) is 9.87. The van der Waals surface area contributed by atoms with Crippen LogP contribution in [0.15, 0.2) is 18.2 Å². The van der Waals surface area contributed by atoms with E-state index in [0.717, 1.165) is 13.0 Å². The second-order valence-electron chi connectivity index (χ2n) is 4.44. The summed E-state index contributed by atoms with van der Waals surface area (Å²) in [7, 11) is 0. The number of hydrogen-bond donors (Lipinski definition) is 2. The molecule has 0 radical (unpaired) electrons. The third kappa shape index (κ3) is 2.77. The van der Waals surface area contributed by atoms with Crippen LogP contribution in [0.2, 0.25) is 0 Å². The first kappa shape index (κ1) is 12.3. The molecular formula is C12H15N3O3. The van der Waals surface area contributed by atoms with Crippen LogP contribution in [0, 0.1) is 5.92 Å². The van der Waals surface area contributed by atoms with Gasteiger partial charge >= 0.3 is 5.97 Å². The van der Waals surface area contributed by atoms with Gasteiger partial charge in [-0.2, -0.15) is 0 Å². The fourth-order valence-corrected chi connectivity index (χ4v) is 2.19. The van der Waals surface area contributed by atoms with Crippen LogP contribution in [0.1, 0.15) is 23.3 Å². The van der Waals surface area contributed by atoms with Crippen molar-refractivity contribution in [1.29, 1.82) is 0 Å². The summed E-state index contributed by atoms with van der Waals surface area (Å²) in [4.78, 5) is 27.8. The number of nitrogens with two attached hydrogens (primary N) is 1. The largest absolute Gasteiger partial charge is 0.481 e. The molecule has 1 unspecified atom stereocenters. The Kier molecular flexibility index (Phi) is 3.45. The van der Waals surface area contributed by atoms with Crippen molar-refractivity contribution in [3.05, 3.63) is 23.9 Å². The number of hydrogen-bond acceptors (Lipinski definition) is 4. The number of anilines is 1. The lowest BCUT2D eigenvalue weighted by Gasteiger charge is -2.17. The van der Waals surface area contributed by atoms with Crippen molar-refractivity contribution in [2.75, 3.05) is 18.0 Å². The van der Waals surface area contributed by atoms with Crippen LogP contribution in [-0.2, 0) is 4.79 Å². The van der Waals surface area contributed by atoms with Gasteiger partial charge in [0.2, 0.25) is 0 Å². The van der Waals surface area contributed by atoms with Gasteiger partial charge in [-0.3, -0.25) is 9.59 Å². The topological polar surface area (TPSA) is 96.5 Å². The molecule has 6 nitrogen and oxygen atoms in total. The molecule has 2 heterocycles. The zero-order chi connectivity index (χ0) is 13.1. The minimum Gasteiger partial charge on any atom is -0.481 e. The van der Waals surface area contributed by atoms with Crippen LogP contribution in [0.3, 0.4) is 0 Å². The van der Waals surface area contributed by atoms with Crippen molar-refractivity contribution in [3.63, 3.8) is 0 Å². The Labute approximate surface area is 104 Å². The molecule has 6 heteroatoms. The molecule has 0 saturated carbocycles. The van der Waals surface area contributed by atoms with E-state index in [-0.39, 0.29) is 18.0 Å². The third-order valence-corrected chi connectivity index (χ3v) is 3.06. The Morgan fingerprint density at radius 3 is 2.94 bits per heavy atom. The van der Waals surface area contributed by atoms with E-state index >= 15 is 0 Å². The van der Waals surface area contributed by atoms with E-state index in [1.165, 1.54) is 0 Å². The first-order chi connectivity index (χ1) is 8.56. The predicted molar refractivity (Wildman–Crippen MR) is 65.3 cm³/mol. The summed E-state index contributed by atoms with van der Waals surface area (Å²) in [5, 5.41) is 8.75. The number of pyridine rings is 1. The first-order valence-corrected chi connectivity index (χ1v) is 5.80. The maximum Gasteiger partial charge on any atom is 0.303 e. The molecule has 1 amide bonds. The van der Waals surface area contributed by atoms with Crippen LogP contribution in [0.4, 0.5) is 5.82 Å². The van der Waals surface area contributed by atoms with Gasteiger partial charge in [-0.15, -0.1) is 0 Å². The van der Waals surface area contributed by atoms with Gasteiger partial charge in [-0.25, -0.2) is 4.98 Å². The SMILES string of the molecule is NC(=O)c1cccc(N2CCC(CC(=O)O)C2)n1. The summed E-state index contributed by atoms with van der Waals surface area (Å²) < 4.78 is 0. The summed E-state index contributed by atoms with van der Waals surface area (Å²) >= 11 is 0. The Morgan fingerprint density at radius 2 is 2.28 bits per heavy atom. The summed E-state index contributed by atoms with van der Waals surface area (Å²) in [5.74, 6) is -0.514. The normalized spacial score (nSPS) is 18.9.